The molecule has 0 amide bonds. The van der Waals surface area contributed by atoms with Gasteiger partial charge in [-0.3, -0.25) is 9.78 Å². The van der Waals surface area contributed by atoms with Crippen LogP contribution < -0.4 is 5.56 Å². The SMILES string of the molecule is CC(C)c1ccc(Cc2c(O)n3c(nc4ccccc43)[nH]c2=O)cc1. The zero-order valence-corrected chi connectivity index (χ0v) is 14.2. The molecular formula is C20H19N3O2. The van der Waals surface area contributed by atoms with E-state index in [1.807, 2.05) is 36.4 Å². The van der Waals surface area contributed by atoms with Crippen LogP contribution in [0.15, 0.2) is 53.3 Å². The van der Waals surface area contributed by atoms with Crippen molar-refractivity contribution >= 4 is 16.8 Å². The first-order valence-electron chi connectivity index (χ1n) is 8.34. The smallest absolute Gasteiger partial charge is 0.259 e. The molecule has 0 radical (unpaired) electrons. The fourth-order valence-corrected chi connectivity index (χ4v) is 3.12. The van der Waals surface area contributed by atoms with Crippen LogP contribution in [0.1, 0.15) is 36.5 Å². The van der Waals surface area contributed by atoms with Gasteiger partial charge in [0.1, 0.15) is 0 Å². The number of nitrogens with one attached hydrogen (secondary N) is 1. The van der Waals surface area contributed by atoms with E-state index >= 15 is 0 Å². The minimum Gasteiger partial charge on any atom is -0.494 e. The Balaban J connectivity index is 1.84. The Kier molecular flexibility index (Phi) is 3.57. The molecule has 0 aliphatic carbocycles. The summed E-state index contributed by atoms with van der Waals surface area (Å²) in [6, 6.07) is 15.6. The topological polar surface area (TPSA) is 70.4 Å². The Morgan fingerprint density at radius 3 is 2.56 bits per heavy atom. The highest BCUT2D eigenvalue weighted by atomic mass is 16.3. The highest BCUT2D eigenvalue weighted by molar-refractivity contribution is 5.80. The van der Waals surface area contributed by atoms with Crippen LogP contribution >= 0.6 is 0 Å². The molecule has 0 saturated heterocycles. The number of hydrogen-bond acceptors (Lipinski definition) is 3. The molecule has 126 valence electrons. The predicted molar refractivity (Wildman–Crippen MR) is 98.3 cm³/mol. The number of hydrogen-bond donors (Lipinski definition) is 2. The maximum absolute atomic E-state index is 12.4. The molecule has 2 aromatic carbocycles. The second-order valence-corrected chi connectivity index (χ2v) is 6.59. The van der Waals surface area contributed by atoms with Gasteiger partial charge in [-0.05, 0) is 29.2 Å². The largest absolute Gasteiger partial charge is 0.494 e. The molecule has 2 N–H and O–H groups in total. The van der Waals surface area contributed by atoms with Gasteiger partial charge in [-0.2, -0.15) is 0 Å². The molecule has 0 saturated carbocycles. The summed E-state index contributed by atoms with van der Waals surface area (Å²) in [4.78, 5) is 19.6. The van der Waals surface area contributed by atoms with Crippen LogP contribution in [-0.4, -0.2) is 19.5 Å². The summed E-state index contributed by atoms with van der Waals surface area (Å²) < 4.78 is 1.59. The minimum absolute atomic E-state index is 0.0552. The molecule has 2 heterocycles. The lowest BCUT2D eigenvalue weighted by molar-refractivity contribution is 0.439. The Bertz CT molecular complexity index is 1120. The molecule has 5 nitrogen and oxygen atoms in total. The van der Waals surface area contributed by atoms with Gasteiger partial charge in [0.05, 0.1) is 16.6 Å². The maximum Gasteiger partial charge on any atom is 0.259 e. The summed E-state index contributed by atoms with van der Waals surface area (Å²) in [5.41, 5.74) is 3.75. The monoisotopic (exact) mass is 333 g/mol. The first-order valence-corrected chi connectivity index (χ1v) is 8.34. The summed E-state index contributed by atoms with van der Waals surface area (Å²) in [5.74, 6) is 0.752. The van der Waals surface area contributed by atoms with E-state index in [0.29, 0.717) is 23.7 Å². The molecule has 2 aromatic heterocycles. The van der Waals surface area contributed by atoms with Gasteiger partial charge < -0.3 is 5.11 Å². The molecule has 0 bridgehead atoms. The Labute approximate surface area is 144 Å². The first-order chi connectivity index (χ1) is 12.0. The van der Waals surface area contributed by atoms with E-state index in [4.69, 9.17) is 0 Å². The van der Waals surface area contributed by atoms with Gasteiger partial charge in [-0.15, -0.1) is 0 Å². The normalized spacial score (nSPS) is 11.6. The summed E-state index contributed by atoms with van der Waals surface area (Å²) >= 11 is 0. The standard InChI is InChI=1S/C20H19N3O2/c1-12(2)14-9-7-13(8-10-14)11-15-18(24)22-20-21-16-5-3-4-6-17(16)23(20)19(15)25/h3-10,12,25H,11H2,1-2H3,(H,21,22,24). The van der Waals surface area contributed by atoms with Crippen LogP contribution in [0.3, 0.4) is 0 Å². The van der Waals surface area contributed by atoms with Gasteiger partial charge in [0.25, 0.3) is 5.56 Å². The Hall–Kier alpha value is -3.08. The van der Waals surface area contributed by atoms with Gasteiger partial charge >= 0.3 is 0 Å². The number of fused-ring (bicyclic) bond motifs is 3. The number of imidazole rings is 1. The fraction of sp³-hybridized carbons (Fsp3) is 0.200. The summed E-state index contributed by atoms with van der Waals surface area (Å²) in [6.45, 7) is 4.28. The molecular weight excluding hydrogens is 314 g/mol. The molecule has 0 aliphatic rings. The summed E-state index contributed by atoms with van der Waals surface area (Å²) in [5, 5.41) is 10.7. The van der Waals surface area contributed by atoms with Gasteiger partial charge in [0, 0.05) is 6.42 Å². The van der Waals surface area contributed by atoms with Gasteiger partial charge in [0.2, 0.25) is 11.7 Å². The van der Waals surface area contributed by atoms with E-state index in [1.54, 1.807) is 4.40 Å². The molecule has 0 spiro atoms. The third-order valence-electron chi connectivity index (χ3n) is 4.57. The number of H-pyrrole nitrogens is 1. The fourth-order valence-electron chi connectivity index (χ4n) is 3.12. The number of aromatic nitrogens is 3. The van der Waals surface area contributed by atoms with Gasteiger partial charge in [-0.1, -0.05) is 50.2 Å². The molecule has 5 heteroatoms. The lowest BCUT2D eigenvalue weighted by Gasteiger charge is -2.09. The molecule has 4 rings (SSSR count). The van der Waals surface area contributed by atoms with E-state index in [1.165, 1.54) is 5.56 Å². The van der Waals surface area contributed by atoms with Crippen LogP contribution in [0, 0.1) is 0 Å². The number of rotatable bonds is 3. The van der Waals surface area contributed by atoms with E-state index < -0.39 is 0 Å². The zero-order valence-electron chi connectivity index (χ0n) is 14.2. The van der Waals surface area contributed by atoms with Crippen LogP contribution in [0.25, 0.3) is 16.8 Å². The van der Waals surface area contributed by atoms with Crippen molar-refractivity contribution in [1.82, 2.24) is 14.4 Å². The average molecular weight is 333 g/mol. The predicted octanol–water partition coefficient (Wildman–Crippen LogP) is 3.60. The number of aromatic hydroxyl groups is 1. The molecule has 0 aliphatic heterocycles. The third kappa shape index (κ3) is 2.58. The van der Waals surface area contributed by atoms with E-state index in [0.717, 1.165) is 16.6 Å². The summed E-state index contributed by atoms with van der Waals surface area (Å²) in [6.07, 6.45) is 0.363. The molecule has 4 aromatic rings. The molecule has 0 fully saturated rings. The van der Waals surface area contributed by atoms with Crippen molar-refractivity contribution in [2.45, 2.75) is 26.2 Å². The second-order valence-electron chi connectivity index (χ2n) is 6.59. The highest BCUT2D eigenvalue weighted by Gasteiger charge is 2.16. The lowest BCUT2D eigenvalue weighted by atomic mass is 9.99. The Morgan fingerprint density at radius 1 is 1.12 bits per heavy atom. The van der Waals surface area contributed by atoms with Crippen molar-refractivity contribution in [3.05, 3.63) is 75.6 Å². The summed E-state index contributed by atoms with van der Waals surface area (Å²) in [7, 11) is 0. The first kappa shape index (κ1) is 15.4. The zero-order chi connectivity index (χ0) is 17.6. The van der Waals surface area contributed by atoms with Gasteiger partial charge in [-0.25, -0.2) is 9.38 Å². The van der Waals surface area contributed by atoms with Crippen molar-refractivity contribution in [1.29, 1.82) is 0 Å². The molecule has 25 heavy (non-hydrogen) atoms. The third-order valence-corrected chi connectivity index (χ3v) is 4.57. The van der Waals surface area contributed by atoms with Crippen molar-refractivity contribution in [3.8, 4) is 5.88 Å². The quantitative estimate of drug-likeness (QED) is 0.602. The minimum atomic E-state index is -0.312. The highest BCUT2D eigenvalue weighted by Crippen LogP contribution is 2.24. The van der Waals surface area contributed by atoms with Crippen molar-refractivity contribution < 1.29 is 5.11 Å². The number of para-hydroxylation sites is 2. The number of aromatic amines is 1. The second kappa shape index (κ2) is 5.77. The Morgan fingerprint density at radius 2 is 1.84 bits per heavy atom. The molecule has 0 unspecified atom stereocenters. The molecule has 0 atom stereocenters. The maximum atomic E-state index is 12.4. The average Bonchev–Trinajstić information content (AvgIpc) is 2.97. The number of benzene rings is 2. The van der Waals surface area contributed by atoms with Crippen molar-refractivity contribution in [2.75, 3.05) is 0 Å². The van der Waals surface area contributed by atoms with E-state index in [9.17, 15) is 9.90 Å². The number of nitrogens with zero attached hydrogens (tertiary/aromatic N) is 2. The van der Waals surface area contributed by atoms with Gasteiger partial charge in [0.15, 0.2) is 0 Å². The van der Waals surface area contributed by atoms with Crippen molar-refractivity contribution in [2.24, 2.45) is 0 Å². The van der Waals surface area contributed by atoms with Crippen molar-refractivity contribution in [3.63, 3.8) is 0 Å². The van der Waals surface area contributed by atoms with E-state index in [2.05, 4.69) is 35.9 Å². The lowest BCUT2D eigenvalue weighted by Crippen LogP contribution is -2.16. The van der Waals surface area contributed by atoms with Crippen LogP contribution in [0.2, 0.25) is 0 Å². The van der Waals surface area contributed by atoms with Crippen LogP contribution in [-0.2, 0) is 6.42 Å². The van der Waals surface area contributed by atoms with Crippen LogP contribution in [0.5, 0.6) is 5.88 Å². The van der Waals surface area contributed by atoms with E-state index in [-0.39, 0.29) is 11.4 Å². The van der Waals surface area contributed by atoms with Crippen LogP contribution in [0.4, 0.5) is 0 Å².